The van der Waals surface area contributed by atoms with Crippen LogP contribution < -0.4 is 5.32 Å². The van der Waals surface area contributed by atoms with Crippen LogP contribution in [0.3, 0.4) is 0 Å². The predicted molar refractivity (Wildman–Crippen MR) is 92.5 cm³/mol. The van der Waals surface area contributed by atoms with Gasteiger partial charge in [0.05, 0.1) is 0 Å². The Hall–Kier alpha value is -1.98. The number of H-pyrrole nitrogens is 1. The van der Waals surface area contributed by atoms with Crippen LogP contribution in [-0.4, -0.2) is 27.4 Å². The van der Waals surface area contributed by atoms with Crippen molar-refractivity contribution in [3.63, 3.8) is 0 Å². The normalized spacial score (nSPS) is 15.5. The van der Waals surface area contributed by atoms with Gasteiger partial charge >= 0.3 is 0 Å². The van der Waals surface area contributed by atoms with Crippen LogP contribution in [0.15, 0.2) is 53.7 Å². The van der Waals surface area contributed by atoms with Crippen LogP contribution in [0.5, 0.6) is 0 Å². The third kappa shape index (κ3) is 2.96. The van der Waals surface area contributed by atoms with E-state index in [9.17, 15) is 0 Å². The van der Waals surface area contributed by atoms with E-state index in [0.717, 1.165) is 17.0 Å². The molecule has 1 aliphatic heterocycles. The lowest BCUT2D eigenvalue weighted by atomic mass is 10.2. The molecule has 0 radical (unpaired) electrons. The Morgan fingerprint density at radius 3 is 2.82 bits per heavy atom. The second-order valence-corrected chi connectivity index (χ2v) is 6.68. The lowest BCUT2D eigenvalue weighted by Gasteiger charge is -2.13. The fourth-order valence-electron chi connectivity index (χ4n) is 2.72. The maximum Gasteiger partial charge on any atom is 0.130 e. The van der Waals surface area contributed by atoms with Crippen molar-refractivity contribution in [2.75, 3.05) is 18.4 Å². The molecule has 0 aliphatic carbocycles. The highest BCUT2D eigenvalue weighted by atomic mass is 32.2. The van der Waals surface area contributed by atoms with Crippen molar-refractivity contribution in [1.29, 1.82) is 0 Å². The van der Waals surface area contributed by atoms with Crippen molar-refractivity contribution in [2.45, 2.75) is 17.7 Å². The van der Waals surface area contributed by atoms with Gasteiger partial charge in [-0.15, -0.1) is 0 Å². The summed E-state index contributed by atoms with van der Waals surface area (Å²) in [5.74, 6) is 0.876. The van der Waals surface area contributed by atoms with Crippen molar-refractivity contribution in [3.8, 4) is 0 Å². The Balaban J connectivity index is 1.45. The third-order valence-electron chi connectivity index (χ3n) is 3.86. The van der Waals surface area contributed by atoms with Gasteiger partial charge in [0.2, 0.25) is 0 Å². The zero-order chi connectivity index (χ0) is 14.8. The Morgan fingerprint density at radius 2 is 2.00 bits per heavy atom. The van der Waals surface area contributed by atoms with Crippen LogP contribution in [0.25, 0.3) is 10.9 Å². The highest BCUT2D eigenvalue weighted by Gasteiger charge is 2.12. The summed E-state index contributed by atoms with van der Waals surface area (Å²) in [5.41, 5.74) is 2.20. The summed E-state index contributed by atoms with van der Waals surface area (Å²) >= 11 is 1.81. The van der Waals surface area contributed by atoms with Crippen LogP contribution in [0.4, 0.5) is 11.5 Å². The second-order valence-electron chi connectivity index (χ2n) is 5.51. The van der Waals surface area contributed by atoms with E-state index in [1.165, 1.54) is 36.2 Å². The Labute approximate surface area is 134 Å². The van der Waals surface area contributed by atoms with Crippen molar-refractivity contribution >= 4 is 34.4 Å². The van der Waals surface area contributed by atoms with E-state index in [1.807, 2.05) is 30.4 Å². The second kappa shape index (κ2) is 6.02. The summed E-state index contributed by atoms with van der Waals surface area (Å²) < 4.78 is 2.41. The van der Waals surface area contributed by atoms with Gasteiger partial charge in [0.15, 0.2) is 0 Å². The smallest absolute Gasteiger partial charge is 0.130 e. The molecule has 0 unspecified atom stereocenters. The van der Waals surface area contributed by atoms with Crippen LogP contribution in [0, 0.1) is 0 Å². The summed E-state index contributed by atoms with van der Waals surface area (Å²) in [6.07, 6.45) is 6.51. The van der Waals surface area contributed by atoms with Gasteiger partial charge in [0, 0.05) is 47.0 Å². The van der Waals surface area contributed by atoms with Gasteiger partial charge in [-0.2, -0.15) is 0 Å². The minimum atomic E-state index is 0.876. The van der Waals surface area contributed by atoms with E-state index in [4.69, 9.17) is 0 Å². The van der Waals surface area contributed by atoms with Gasteiger partial charge < -0.3 is 10.3 Å². The van der Waals surface area contributed by atoms with Gasteiger partial charge in [-0.3, -0.25) is 0 Å². The summed E-state index contributed by atoms with van der Waals surface area (Å²) in [4.78, 5) is 8.92. The largest absolute Gasteiger partial charge is 0.361 e. The molecule has 0 spiro atoms. The number of pyridine rings is 1. The lowest BCUT2D eigenvalue weighted by Crippen LogP contribution is -2.08. The quantitative estimate of drug-likeness (QED) is 0.701. The summed E-state index contributed by atoms with van der Waals surface area (Å²) in [5, 5.41) is 4.56. The lowest BCUT2D eigenvalue weighted by molar-refractivity contribution is 0.586. The van der Waals surface area contributed by atoms with Gasteiger partial charge in [-0.1, -0.05) is 0 Å². The number of aromatic nitrogens is 2. The van der Waals surface area contributed by atoms with E-state index in [-0.39, 0.29) is 0 Å². The molecular formula is C17H18N4S. The standard InChI is InChI=1S/C17H18N4S/c1-2-10-21(9-1)22-15-4-6-17(19-12-15)20-14-3-5-16-13(11-14)7-8-18-16/h3-8,11-12,18H,1-2,9-10H2,(H,19,20). The average molecular weight is 310 g/mol. The molecule has 0 atom stereocenters. The zero-order valence-corrected chi connectivity index (χ0v) is 13.1. The topological polar surface area (TPSA) is 44.0 Å². The summed E-state index contributed by atoms with van der Waals surface area (Å²) in [7, 11) is 0. The third-order valence-corrected chi connectivity index (χ3v) is 4.94. The van der Waals surface area contributed by atoms with Crippen molar-refractivity contribution < 1.29 is 0 Å². The minimum absolute atomic E-state index is 0.876. The molecule has 1 aliphatic rings. The molecule has 22 heavy (non-hydrogen) atoms. The molecule has 1 fully saturated rings. The monoisotopic (exact) mass is 310 g/mol. The van der Waals surface area contributed by atoms with E-state index in [0.29, 0.717) is 0 Å². The van der Waals surface area contributed by atoms with Crippen molar-refractivity contribution in [3.05, 3.63) is 48.8 Å². The first-order chi connectivity index (χ1) is 10.9. The fourth-order valence-corrected chi connectivity index (χ4v) is 3.68. The van der Waals surface area contributed by atoms with Crippen molar-refractivity contribution in [2.24, 2.45) is 0 Å². The van der Waals surface area contributed by atoms with Crippen molar-refractivity contribution in [1.82, 2.24) is 14.3 Å². The molecule has 0 saturated carbocycles. The molecule has 5 heteroatoms. The van der Waals surface area contributed by atoms with Gasteiger partial charge in [-0.25, -0.2) is 9.29 Å². The first-order valence-electron chi connectivity index (χ1n) is 7.60. The maximum atomic E-state index is 4.52. The molecule has 3 aromatic rings. The number of aromatic amines is 1. The Bertz CT molecular complexity index is 760. The zero-order valence-electron chi connectivity index (χ0n) is 12.2. The fraction of sp³-hybridized carbons (Fsp3) is 0.235. The number of nitrogens with zero attached hydrogens (tertiary/aromatic N) is 2. The highest BCUT2D eigenvalue weighted by molar-refractivity contribution is 7.97. The molecule has 1 saturated heterocycles. The summed E-state index contributed by atoms with van der Waals surface area (Å²) in [6, 6.07) is 12.5. The number of anilines is 2. The predicted octanol–water partition coefficient (Wildman–Crippen LogP) is 4.41. The Morgan fingerprint density at radius 1 is 1.09 bits per heavy atom. The minimum Gasteiger partial charge on any atom is -0.361 e. The van der Waals surface area contributed by atoms with E-state index in [2.05, 4.69) is 49.9 Å². The molecule has 0 bridgehead atoms. The van der Waals surface area contributed by atoms with Gasteiger partial charge in [-0.05, 0) is 61.2 Å². The number of hydrogen-bond acceptors (Lipinski definition) is 4. The van der Waals surface area contributed by atoms with E-state index >= 15 is 0 Å². The number of nitrogens with one attached hydrogen (secondary N) is 2. The first-order valence-corrected chi connectivity index (χ1v) is 8.37. The number of hydrogen-bond donors (Lipinski definition) is 2. The Kier molecular flexibility index (Phi) is 3.74. The van der Waals surface area contributed by atoms with Crippen LogP contribution in [0.1, 0.15) is 12.8 Å². The number of fused-ring (bicyclic) bond motifs is 1. The molecule has 1 aromatic carbocycles. The SMILES string of the molecule is c1cc2cc(Nc3ccc(SN4CCCC4)cn3)ccc2[nH]1. The van der Waals surface area contributed by atoms with E-state index < -0.39 is 0 Å². The molecule has 4 rings (SSSR count). The van der Waals surface area contributed by atoms with Gasteiger partial charge in [0.25, 0.3) is 0 Å². The maximum absolute atomic E-state index is 4.52. The highest BCUT2D eigenvalue weighted by Crippen LogP contribution is 2.27. The molecule has 112 valence electrons. The average Bonchev–Trinajstić information content (AvgIpc) is 3.20. The molecule has 3 heterocycles. The molecule has 0 amide bonds. The van der Waals surface area contributed by atoms with Gasteiger partial charge in [0.1, 0.15) is 5.82 Å². The van der Waals surface area contributed by atoms with Crippen LogP contribution in [0.2, 0.25) is 0 Å². The molecule has 4 nitrogen and oxygen atoms in total. The van der Waals surface area contributed by atoms with Crippen LogP contribution in [-0.2, 0) is 0 Å². The van der Waals surface area contributed by atoms with Crippen LogP contribution >= 0.6 is 11.9 Å². The summed E-state index contributed by atoms with van der Waals surface area (Å²) in [6.45, 7) is 2.36. The first kappa shape index (κ1) is 13.7. The van der Waals surface area contributed by atoms with E-state index in [1.54, 1.807) is 0 Å². The molecule has 2 N–H and O–H groups in total. The number of rotatable bonds is 4. The number of benzene rings is 1. The molecule has 2 aromatic heterocycles. The molecular weight excluding hydrogens is 292 g/mol.